The quantitative estimate of drug-likeness (QED) is 0.726. The van der Waals surface area contributed by atoms with E-state index in [-0.39, 0.29) is 11.4 Å². The van der Waals surface area contributed by atoms with Crippen molar-refractivity contribution >= 4 is 5.91 Å². The average molecular weight is 210 g/mol. The predicted molar refractivity (Wildman–Crippen MR) is 60.3 cm³/mol. The molecule has 2 aliphatic rings. The number of carbonyl (C=O) groups excluding carboxylic acids is 1. The summed E-state index contributed by atoms with van der Waals surface area (Å²) in [7, 11) is 0. The molecule has 3 N–H and O–H groups in total. The lowest BCUT2D eigenvalue weighted by atomic mass is 9.80. The van der Waals surface area contributed by atoms with E-state index in [2.05, 4.69) is 12.2 Å². The van der Waals surface area contributed by atoms with Gasteiger partial charge in [0, 0.05) is 17.5 Å². The van der Waals surface area contributed by atoms with Crippen molar-refractivity contribution in [3.63, 3.8) is 0 Å². The third-order valence-electron chi connectivity index (χ3n) is 3.95. The van der Waals surface area contributed by atoms with E-state index in [1.165, 1.54) is 6.42 Å². The van der Waals surface area contributed by atoms with Crippen LogP contribution in [-0.4, -0.2) is 17.5 Å². The molecule has 2 rings (SSSR count). The highest BCUT2D eigenvalue weighted by atomic mass is 16.2. The van der Waals surface area contributed by atoms with Crippen LogP contribution in [0, 0.1) is 5.92 Å². The van der Waals surface area contributed by atoms with Gasteiger partial charge in [-0.2, -0.15) is 0 Å². The lowest BCUT2D eigenvalue weighted by molar-refractivity contribution is -0.128. The Bertz CT molecular complexity index is 236. The van der Waals surface area contributed by atoms with Gasteiger partial charge in [-0.1, -0.05) is 6.42 Å². The molecule has 0 unspecified atom stereocenters. The Hall–Kier alpha value is -0.570. The largest absolute Gasteiger partial charge is 0.353 e. The second-order valence-corrected chi connectivity index (χ2v) is 5.56. The molecule has 0 radical (unpaired) electrons. The highest BCUT2D eigenvalue weighted by Crippen LogP contribution is 2.29. The highest BCUT2D eigenvalue weighted by Gasteiger charge is 2.31. The van der Waals surface area contributed by atoms with E-state index in [4.69, 9.17) is 5.73 Å². The summed E-state index contributed by atoms with van der Waals surface area (Å²) in [4.78, 5) is 11.7. The lowest BCUT2D eigenvalue weighted by Crippen LogP contribution is -2.48. The fourth-order valence-corrected chi connectivity index (χ4v) is 2.41. The molecule has 3 heteroatoms. The summed E-state index contributed by atoms with van der Waals surface area (Å²) >= 11 is 0. The zero-order chi connectivity index (χ0) is 10.9. The molecule has 0 bridgehead atoms. The smallest absolute Gasteiger partial charge is 0.223 e. The first-order valence-electron chi connectivity index (χ1n) is 6.16. The highest BCUT2D eigenvalue weighted by molar-refractivity contribution is 5.79. The molecule has 3 nitrogen and oxygen atoms in total. The lowest BCUT2D eigenvalue weighted by Gasteiger charge is -2.35. The van der Waals surface area contributed by atoms with E-state index in [0.717, 1.165) is 38.5 Å². The summed E-state index contributed by atoms with van der Waals surface area (Å²) in [6.45, 7) is 2.11. The van der Waals surface area contributed by atoms with Gasteiger partial charge in [0.1, 0.15) is 0 Å². The van der Waals surface area contributed by atoms with Crippen LogP contribution in [0.25, 0.3) is 0 Å². The third kappa shape index (κ3) is 2.71. The van der Waals surface area contributed by atoms with Gasteiger partial charge in [-0.15, -0.1) is 0 Å². The minimum atomic E-state index is -0.00228. The van der Waals surface area contributed by atoms with Crippen molar-refractivity contribution < 1.29 is 4.79 Å². The van der Waals surface area contributed by atoms with Crippen molar-refractivity contribution in [3.05, 3.63) is 0 Å². The zero-order valence-corrected chi connectivity index (χ0v) is 9.59. The zero-order valence-electron chi connectivity index (χ0n) is 9.59. The maximum Gasteiger partial charge on any atom is 0.223 e. The summed E-state index contributed by atoms with van der Waals surface area (Å²) < 4.78 is 0. The summed E-state index contributed by atoms with van der Waals surface area (Å²) in [5.41, 5.74) is 6.05. The molecule has 0 aliphatic heterocycles. The minimum Gasteiger partial charge on any atom is -0.353 e. The van der Waals surface area contributed by atoms with Gasteiger partial charge in [0.25, 0.3) is 0 Å². The normalized spacial score (nSPS) is 37.1. The van der Waals surface area contributed by atoms with Crippen LogP contribution in [0.3, 0.4) is 0 Å². The maximum atomic E-state index is 11.7. The van der Waals surface area contributed by atoms with E-state index in [9.17, 15) is 4.79 Å². The molecule has 0 aromatic carbocycles. The predicted octanol–water partition coefficient (Wildman–Crippen LogP) is 1.56. The van der Waals surface area contributed by atoms with Gasteiger partial charge in [0.2, 0.25) is 5.91 Å². The second-order valence-electron chi connectivity index (χ2n) is 5.56. The van der Waals surface area contributed by atoms with E-state index in [0.29, 0.717) is 12.0 Å². The first-order chi connectivity index (χ1) is 7.07. The van der Waals surface area contributed by atoms with Gasteiger partial charge in [0.05, 0.1) is 0 Å². The monoisotopic (exact) mass is 210 g/mol. The van der Waals surface area contributed by atoms with Crippen molar-refractivity contribution in [3.8, 4) is 0 Å². The molecular weight excluding hydrogens is 188 g/mol. The Kier molecular flexibility index (Phi) is 3.01. The van der Waals surface area contributed by atoms with Gasteiger partial charge in [-0.3, -0.25) is 4.79 Å². The minimum absolute atomic E-state index is 0.00228. The molecule has 0 spiro atoms. The molecule has 0 heterocycles. The van der Waals surface area contributed by atoms with Crippen molar-refractivity contribution in [1.82, 2.24) is 5.32 Å². The first kappa shape index (κ1) is 10.9. The third-order valence-corrected chi connectivity index (χ3v) is 3.95. The number of rotatable bonds is 2. The molecule has 1 amide bonds. The summed E-state index contributed by atoms with van der Waals surface area (Å²) in [6, 6.07) is 0.384. The van der Waals surface area contributed by atoms with Crippen LogP contribution >= 0.6 is 0 Å². The first-order valence-corrected chi connectivity index (χ1v) is 6.16. The van der Waals surface area contributed by atoms with Crippen LogP contribution in [0.15, 0.2) is 0 Å². The Balaban J connectivity index is 1.74. The van der Waals surface area contributed by atoms with E-state index >= 15 is 0 Å². The second kappa shape index (κ2) is 4.12. The van der Waals surface area contributed by atoms with Crippen molar-refractivity contribution in [2.45, 2.75) is 63.5 Å². The molecule has 2 saturated carbocycles. The summed E-state index contributed by atoms with van der Waals surface area (Å²) in [6.07, 6.45) is 7.56. The van der Waals surface area contributed by atoms with Crippen molar-refractivity contribution in [2.75, 3.05) is 0 Å². The molecule has 86 valence electrons. The van der Waals surface area contributed by atoms with Crippen LogP contribution in [0.4, 0.5) is 0 Å². The van der Waals surface area contributed by atoms with Gasteiger partial charge in [0.15, 0.2) is 0 Å². The average Bonchev–Trinajstić information content (AvgIpc) is 2.05. The molecule has 2 fully saturated rings. The van der Waals surface area contributed by atoms with E-state index in [1.54, 1.807) is 0 Å². The maximum absolute atomic E-state index is 11.7. The molecular formula is C12H22N2O. The Morgan fingerprint density at radius 2 is 1.87 bits per heavy atom. The van der Waals surface area contributed by atoms with E-state index < -0.39 is 0 Å². The van der Waals surface area contributed by atoms with Crippen LogP contribution in [0.2, 0.25) is 0 Å². The molecule has 2 aliphatic carbocycles. The van der Waals surface area contributed by atoms with Crippen LogP contribution in [-0.2, 0) is 4.79 Å². The molecule has 0 atom stereocenters. The van der Waals surface area contributed by atoms with Crippen LogP contribution in [0.1, 0.15) is 51.9 Å². The molecule has 0 aromatic heterocycles. The van der Waals surface area contributed by atoms with Gasteiger partial charge in [-0.25, -0.2) is 0 Å². The summed E-state index contributed by atoms with van der Waals surface area (Å²) in [5, 5.41) is 3.16. The Morgan fingerprint density at radius 1 is 1.27 bits per heavy atom. The van der Waals surface area contributed by atoms with E-state index in [1.807, 2.05) is 0 Å². The number of nitrogens with two attached hydrogens (primary N) is 1. The number of hydrogen-bond acceptors (Lipinski definition) is 2. The Labute approximate surface area is 91.8 Å². The van der Waals surface area contributed by atoms with Gasteiger partial charge in [-0.05, 0) is 45.4 Å². The number of hydrogen-bond donors (Lipinski definition) is 2. The van der Waals surface area contributed by atoms with Gasteiger partial charge < -0.3 is 11.1 Å². The van der Waals surface area contributed by atoms with Crippen molar-refractivity contribution in [1.29, 1.82) is 0 Å². The van der Waals surface area contributed by atoms with Crippen molar-refractivity contribution in [2.24, 2.45) is 11.7 Å². The summed E-state index contributed by atoms with van der Waals surface area (Å²) in [5.74, 6) is 0.600. The number of nitrogens with one attached hydrogen (secondary N) is 1. The van der Waals surface area contributed by atoms with Crippen LogP contribution < -0.4 is 11.1 Å². The fourth-order valence-electron chi connectivity index (χ4n) is 2.41. The fraction of sp³-hybridized carbons (Fsp3) is 0.917. The molecule has 15 heavy (non-hydrogen) atoms. The number of carbonyl (C=O) groups is 1. The molecule has 0 saturated heterocycles. The molecule has 0 aromatic rings. The standard InChI is InChI=1S/C12H22N2O/c1-12(13)7-5-10(6-8-12)14-11(15)9-3-2-4-9/h9-10H,2-8,13H2,1H3,(H,14,15). The Morgan fingerprint density at radius 3 is 2.33 bits per heavy atom. The van der Waals surface area contributed by atoms with Gasteiger partial charge >= 0.3 is 0 Å². The topological polar surface area (TPSA) is 55.1 Å². The number of amides is 1. The SMILES string of the molecule is CC1(N)CCC(NC(=O)C2CCC2)CC1. The van der Waals surface area contributed by atoms with Crippen LogP contribution in [0.5, 0.6) is 0 Å².